The second-order valence-electron chi connectivity index (χ2n) is 7.50. The first kappa shape index (κ1) is 21.3. The Balaban J connectivity index is 2.13. The molecule has 2 aromatic carbocycles. The third-order valence-electron chi connectivity index (χ3n) is 5.38. The number of amides is 1. The van der Waals surface area contributed by atoms with Gasteiger partial charge in [-0.15, -0.1) is 0 Å². The first-order valence-electron chi connectivity index (χ1n) is 9.01. The summed E-state index contributed by atoms with van der Waals surface area (Å²) in [5.41, 5.74) is 0.0853. The number of guanidine groups is 1. The minimum atomic E-state index is -2.98. The van der Waals surface area contributed by atoms with Crippen LogP contribution >= 0.6 is 0 Å². The van der Waals surface area contributed by atoms with Gasteiger partial charge in [0.1, 0.15) is 6.26 Å². The number of likely N-dealkylation sites (N-methyl/N-ethyl adjacent to an activating group) is 1. The minimum Gasteiger partial charge on any atom is -0.612 e. The van der Waals surface area contributed by atoms with E-state index in [1.54, 1.807) is 37.4 Å². The lowest BCUT2D eigenvalue weighted by molar-refractivity contribution is -0.131. The SMILES string of the molecule is CN1C(=N)N[C@](C)(c2cccc([S+](C)[O-])c2)[C@@H](c2ccc(C(C)(F)F)cc2)C1=O. The molecular weight excluding hydrogens is 396 g/mol. The van der Waals surface area contributed by atoms with Crippen LogP contribution in [-0.4, -0.2) is 34.6 Å². The molecule has 8 heteroatoms. The third kappa shape index (κ3) is 3.86. The standard InChI is InChI=1S/C21H23F2N3O2S/c1-20(15-6-5-7-16(12-15)29(4)28)17(18(27)26(3)19(24)25-20)13-8-10-14(11-9-13)21(2,22)23/h5-12,17H,1-4H3,(H2,24,25)/t17-,20+,29?/m0/s1. The summed E-state index contributed by atoms with van der Waals surface area (Å²) >= 11 is -1.22. The van der Waals surface area contributed by atoms with E-state index >= 15 is 0 Å². The van der Waals surface area contributed by atoms with E-state index in [1.165, 1.54) is 36.2 Å². The van der Waals surface area contributed by atoms with Crippen LogP contribution in [0.3, 0.4) is 0 Å². The van der Waals surface area contributed by atoms with Gasteiger partial charge in [-0.2, -0.15) is 0 Å². The molecule has 0 aromatic heterocycles. The number of benzene rings is 2. The number of nitrogens with one attached hydrogen (secondary N) is 2. The zero-order chi connectivity index (χ0) is 21.6. The molecular formula is C21H23F2N3O2S. The first-order valence-corrected chi connectivity index (χ1v) is 10.6. The molecule has 0 saturated carbocycles. The zero-order valence-corrected chi connectivity index (χ0v) is 17.4. The number of hydrogen-bond acceptors (Lipinski definition) is 3. The van der Waals surface area contributed by atoms with E-state index in [4.69, 9.17) is 5.41 Å². The van der Waals surface area contributed by atoms with E-state index in [1.807, 2.05) is 0 Å². The molecule has 5 nitrogen and oxygen atoms in total. The Labute approximate surface area is 171 Å². The van der Waals surface area contributed by atoms with Crippen molar-refractivity contribution >= 4 is 23.0 Å². The van der Waals surface area contributed by atoms with Gasteiger partial charge >= 0.3 is 0 Å². The molecule has 1 amide bonds. The van der Waals surface area contributed by atoms with Crippen molar-refractivity contribution in [1.82, 2.24) is 10.2 Å². The maximum absolute atomic E-state index is 13.6. The Hall–Kier alpha value is -2.45. The summed E-state index contributed by atoms with van der Waals surface area (Å²) in [6.45, 7) is 2.61. The molecule has 3 rings (SSSR count). The van der Waals surface area contributed by atoms with Crippen LogP contribution < -0.4 is 5.32 Å². The van der Waals surface area contributed by atoms with Crippen molar-refractivity contribution in [2.24, 2.45) is 0 Å². The maximum Gasteiger partial charge on any atom is 0.270 e. The molecule has 2 N–H and O–H groups in total. The molecule has 1 aliphatic heterocycles. The highest BCUT2D eigenvalue weighted by molar-refractivity contribution is 7.90. The lowest BCUT2D eigenvalue weighted by Gasteiger charge is -2.46. The third-order valence-corrected chi connectivity index (χ3v) is 6.30. The fourth-order valence-corrected chi connectivity index (χ4v) is 4.20. The number of carbonyl (C=O) groups excluding carboxylic acids is 1. The molecule has 0 bridgehead atoms. The highest BCUT2D eigenvalue weighted by atomic mass is 32.2. The second-order valence-corrected chi connectivity index (χ2v) is 8.88. The Morgan fingerprint density at radius 1 is 1.24 bits per heavy atom. The van der Waals surface area contributed by atoms with Gasteiger partial charge in [0, 0.05) is 19.5 Å². The van der Waals surface area contributed by atoms with Crippen LogP contribution in [-0.2, 0) is 27.4 Å². The number of carbonyl (C=O) groups is 1. The van der Waals surface area contributed by atoms with E-state index in [-0.39, 0.29) is 17.4 Å². The summed E-state index contributed by atoms with van der Waals surface area (Å²) in [6.07, 6.45) is 1.57. The predicted octanol–water partition coefficient (Wildman–Crippen LogP) is 3.53. The zero-order valence-electron chi connectivity index (χ0n) is 16.6. The van der Waals surface area contributed by atoms with Crippen molar-refractivity contribution in [1.29, 1.82) is 5.41 Å². The lowest BCUT2D eigenvalue weighted by Crippen LogP contribution is -2.62. The van der Waals surface area contributed by atoms with Crippen molar-refractivity contribution in [3.63, 3.8) is 0 Å². The molecule has 1 heterocycles. The molecule has 1 unspecified atom stereocenters. The quantitative estimate of drug-likeness (QED) is 0.744. The van der Waals surface area contributed by atoms with Crippen molar-refractivity contribution < 1.29 is 18.1 Å². The largest absolute Gasteiger partial charge is 0.612 e. The fraction of sp³-hybridized carbons (Fsp3) is 0.333. The normalized spacial score (nSPS) is 23.7. The number of hydrogen-bond donors (Lipinski definition) is 2. The molecule has 2 aromatic rings. The van der Waals surface area contributed by atoms with Crippen LogP contribution in [0.5, 0.6) is 0 Å². The number of halogens is 2. The van der Waals surface area contributed by atoms with E-state index in [9.17, 15) is 18.1 Å². The van der Waals surface area contributed by atoms with Crippen LogP contribution in [0.15, 0.2) is 53.4 Å². The van der Waals surface area contributed by atoms with Gasteiger partial charge in [-0.05, 0) is 41.4 Å². The van der Waals surface area contributed by atoms with Gasteiger partial charge in [-0.1, -0.05) is 36.4 Å². The molecule has 0 spiro atoms. The smallest absolute Gasteiger partial charge is 0.270 e. The van der Waals surface area contributed by atoms with Gasteiger partial charge in [0.25, 0.3) is 5.92 Å². The minimum absolute atomic E-state index is 0.0616. The number of nitrogens with zero attached hydrogens (tertiary/aromatic N) is 1. The van der Waals surface area contributed by atoms with Gasteiger partial charge in [0.05, 0.1) is 11.5 Å². The molecule has 0 aliphatic carbocycles. The average molecular weight is 419 g/mol. The van der Waals surface area contributed by atoms with Gasteiger partial charge < -0.3 is 9.87 Å². The Kier molecular flexibility index (Phi) is 5.44. The fourth-order valence-electron chi connectivity index (χ4n) is 3.63. The maximum atomic E-state index is 13.6. The van der Waals surface area contributed by atoms with E-state index in [0.717, 1.165) is 6.92 Å². The molecule has 3 atom stereocenters. The molecule has 29 heavy (non-hydrogen) atoms. The Morgan fingerprint density at radius 2 is 1.86 bits per heavy atom. The van der Waals surface area contributed by atoms with Crippen LogP contribution in [0.4, 0.5) is 8.78 Å². The average Bonchev–Trinajstić information content (AvgIpc) is 2.66. The number of alkyl halides is 2. The number of rotatable bonds is 4. The van der Waals surface area contributed by atoms with Crippen LogP contribution in [0, 0.1) is 5.41 Å². The monoisotopic (exact) mass is 419 g/mol. The van der Waals surface area contributed by atoms with Gasteiger partial charge in [-0.3, -0.25) is 15.1 Å². The summed E-state index contributed by atoms with van der Waals surface area (Å²) in [7, 11) is 1.50. The van der Waals surface area contributed by atoms with Gasteiger partial charge in [-0.25, -0.2) is 8.78 Å². The topological polar surface area (TPSA) is 79.2 Å². The molecule has 1 fully saturated rings. The summed E-state index contributed by atoms with van der Waals surface area (Å²) in [4.78, 5) is 15.0. The van der Waals surface area contributed by atoms with Crippen molar-refractivity contribution in [2.45, 2.75) is 36.1 Å². The summed E-state index contributed by atoms with van der Waals surface area (Å²) in [6, 6.07) is 12.7. The summed E-state index contributed by atoms with van der Waals surface area (Å²) in [5.74, 6) is -4.12. The molecule has 1 saturated heterocycles. The van der Waals surface area contributed by atoms with Crippen molar-refractivity contribution in [2.75, 3.05) is 13.3 Å². The van der Waals surface area contributed by atoms with Crippen molar-refractivity contribution in [3.05, 3.63) is 65.2 Å². The predicted molar refractivity (Wildman–Crippen MR) is 109 cm³/mol. The van der Waals surface area contributed by atoms with Crippen molar-refractivity contribution in [3.8, 4) is 0 Å². The van der Waals surface area contributed by atoms with Crippen LogP contribution in [0.2, 0.25) is 0 Å². The Bertz CT molecular complexity index is 944. The first-order chi connectivity index (χ1) is 13.4. The lowest BCUT2D eigenvalue weighted by atomic mass is 9.73. The molecule has 0 radical (unpaired) electrons. The van der Waals surface area contributed by atoms with E-state index in [0.29, 0.717) is 16.0 Å². The van der Waals surface area contributed by atoms with E-state index in [2.05, 4.69) is 5.32 Å². The van der Waals surface area contributed by atoms with Gasteiger partial charge in [0.15, 0.2) is 10.9 Å². The van der Waals surface area contributed by atoms with Gasteiger partial charge in [0.2, 0.25) is 5.91 Å². The molecule has 1 aliphatic rings. The molecule has 154 valence electrons. The Morgan fingerprint density at radius 3 is 2.41 bits per heavy atom. The highest BCUT2D eigenvalue weighted by Crippen LogP contribution is 2.42. The van der Waals surface area contributed by atoms with Crippen LogP contribution in [0.25, 0.3) is 0 Å². The summed E-state index contributed by atoms with van der Waals surface area (Å²) in [5, 5.41) is 11.3. The second kappa shape index (κ2) is 7.42. The van der Waals surface area contributed by atoms with Crippen LogP contribution in [0.1, 0.15) is 36.5 Å². The summed E-state index contributed by atoms with van der Waals surface area (Å²) < 4.78 is 39.2. The highest BCUT2D eigenvalue weighted by Gasteiger charge is 2.48. The van der Waals surface area contributed by atoms with E-state index < -0.39 is 28.6 Å².